The normalized spacial score (nSPS) is 11.0. The second kappa shape index (κ2) is 8.97. The largest absolute Gasteiger partial charge is 0.417 e. The molecule has 0 radical (unpaired) electrons. The number of alkyl halides is 3. The Morgan fingerprint density at radius 1 is 1.17 bits per heavy atom. The Kier molecular flexibility index (Phi) is 6.89. The summed E-state index contributed by atoms with van der Waals surface area (Å²) in [5.74, 6) is -1.10. The Bertz CT molecular complexity index is 1010. The van der Waals surface area contributed by atoms with Gasteiger partial charge in [0.05, 0.1) is 5.56 Å². The van der Waals surface area contributed by atoms with Crippen LogP contribution in [-0.4, -0.2) is 29.0 Å². The Morgan fingerprint density at radius 3 is 2.52 bits per heavy atom. The van der Waals surface area contributed by atoms with Gasteiger partial charge in [-0.25, -0.2) is 5.06 Å². The summed E-state index contributed by atoms with van der Waals surface area (Å²) >= 11 is 0. The lowest BCUT2D eigenvalue weighted by atomic mass is 10.1. The minimum absolute atomic E-state index is 0. The maximum atomic E-state index is 13.1. The van der Waals surface area contributed by atoms with Crippen molar-refractivity contribution < 1.29 is 22.8 Å². The Hall–Kier alpha value is -3.04. The molecule has 0 aliphatic rings. The van der Waals surface area contributed by atoms with Gasteiger partial charge in [-0.3, -0.25) is 20.4 Å². The summed E-state index contributed by atoms with van der Waals surface area (Å²) in [5, 5.41) is 11.1. The maximum absolute atomic E-state index is 13.1. The molecule has 0 spiro atoms. The molecule has 1 heterocycles. The Balaban J connectivity index is 0.00000300. The van der Waals surface area contributed by atoms with Crippen LogP contribution in [-0.2, 0) is 17.6 Å². The van der Waals surface area contributed by atoms with Gasteiger partial charge < -0.3 is 4.98 Å². The van der Waals surface area contributed by atoms with E-state index < -0.39 is 17.6 Å². The molecule has 0 unspecified atom stereocenters. The molecule has 0 bridgehead atoms. The van der Waals surface area contributed by atoms with E-state index in [0.29, 0.717) is 0 Å². The third kappa shape index (κ3) is 5.27. The molecule has 1 aromatic heterocycles. The van der Waals surface area contributed by atoms with Gasteiger partial charge >= 0.3 is 6.18 Å². The lowest BCUT2D eigenvalue weighted by Crippen LogP contribution is -2.41. The topological polar surface area (TPSA) is 81.2 Å². The zero-order valence-electron chi connectivity index (χ0n) is 15.2. The molecule has 0 saturated carbocycles. The zero-order valence-corrected chi connectivity index (χ0v) is 16.0. The summed E-state index contributed by atoms with van der Waals surface area (Å²) in [7, 11) is 1.44. The first-order valence-corrected chi connectivity index (χ1v) is 8.25. The van der Waals surface area contributed by atoms with Gasteiger partial charge in [-0.05, 0) is 23.8 Å². The monoisotopic (exact) mass is 426 g/mol. The van der Waals surface area contributed by atoms with Crippen LogP contribution in [0.1, 0.15) is 21.6 Å². The predicted molar refractivity (Wildman–Crippen MR) is 105 cm³/mol. The van der Waals surface area contributed by atoms with Crippen LogP contribution in [0.15, 0.2) is 54.6 Å². The van der Waals surface area contributed by atoms with Gasteiger partial charge in [-0.15, -0.1) is 12.4 Å². The van der Waals surface area contributed by atoms with Gasteiger partial charge in [0.2, 0.25) is 5.96 Å². The van der Waals surface area contributed by atoms with Crippen molar-refractivity contribution in [2.24, 2.45) is 0 Å². The number of benzene rings is 2. The van der Waals surface area contributed by atoms with Gasteiger partial charge in [0.1, 0.15) is 12.3 Å². The SMILES string of the molecule is CN(OCc1ccccc1)C(=N)NC(=O)c1cc2c(C(F)(F)F)cccc2[nH]1.Cl. The first-order chi connectivity index (χ1) is 13.3. The smallest absolute Gasteiger partial charge is 0.351 e. The number of carbonyl (C=O) groups is 1. The van der Waals surface area contributed by atoms with Crippen LogP contribution >= 0.6 is 12.4 Å². The number of aromatic nitrogens is 1. The molecule has 0 atom stereocenters. The molecular weight excluding hydrogens is 409 g/mol. The molecule has 0 fully saturated rings. The van der Waals surface area contributed by atoms with Crippen molar-refractivity contribution in [1.82, 2.24) is 15.4 Å². The number of halogens is 4. The van der Waals surface area contributed by atoms with Crippen LogP contribution < -0.4 is 5.32 Å². The summed E-state index contributed by atoms with van der Waals surface area (Å²) in [6.07, 6.45) is -4.53. The van der Waals surface area contributed by atoms with Crippen molar-refractivity contribution in [3.63, 3.8) is 0 Å². The van der Waals surface area contributed by atoms with Gasteiger partial charge in [0.15, 0.2) is 0 Å². The van der Waals surface area contributed by atoms with Crippen LogP contribution in [0, 0.1) is 5.41 Å². The van der Waals surface area contributed by atoms with Crippen molar-refractivity contribution in [3.05, 3.63) is 71.4 Å². The number of H-pyrrole nitrogens is 1. The van der Waals surface area contributed by atoms with E-state index in [9.17, 15) is 18.0 Å². The number of hydrogen-bond donors (Lipinski definition) is 3. The van der Waals surface area contributed by atoms with Crippen molar-refractivity contribution in [2.75, 3.05) is 7.05 Å². The first kappa shape index (κ1) is 22.3. The third-order valence-electron chi connectivity index (χ3n) is 4.03. The number of nitrogens with zero attached hydrogens (tertiary/aromatic N) is 1. The molecule has 0 saturated heterocycles. The molecule has 29 heavy (non-hydrogen) atoms. The molecule has 3 N–H and O–H groups in total. The lowest BCUT2D eigenvalue weighted by Gasteiger charge is -2.19. The number of hydroxylamine groups is 2. The second-order valence-corrected chi connectivity index (χ2v) is 6.01. The Labute approximate surface area is 170 Å². The summed E-state index contributed by atoms with van der Waals surface area (Å²) in [5.41, 5.74) is 0.135. The van der Waals surface area contributed by atoms with Crippen LogP contribution in [0.25, 0.3) is 10.9 Å². The van der Waals surface area contributed by atoms with E-state index in [1.165, 1.54) is 19.2 Å². The minimum Gasteiger partial charge on any atom is -0.351 e. The molecule has 3 aromatic rings. The average Bonchev–Trinajstić information content (AvgIpc) is 3.10. The number of guanidine groups is 1. The number of rotatable bonds is 4. The molecule has 2 aromatic carbocycles. The number of nitrogens with one attached hydrogen (secondary N) is 3. The van der Waals surface area contributed by atoms with Gasteiger partial charge in [0.25, 0.3) is 5.91 Å². The number of carbonyl (C=O) groups excluding carboxylic acids is 1. The van der Waals surface area contributed by atoms with Crippen LogP contribution in [0.5, 0.6) is 0 Å². The number of aromatic amines is 1. The average molecular weight is 427 g/mol. The molecule has 3 rings (SSSR count). The molecule has 0 aliphatic heterocycles. The fraction of sp³-hybridized carbons (Fsp3) is 0.158. The first-order valence-electron chi connectivity index (χ1n) is 8.25. The van der Waals surface area contributed by atoms with Crippen molar-refractivity contribution in [3.8, 4) is 0 Å². The molecule has 1 amide bonds. The minimum atomic E-state index is -4.53. The highest BCUT2D eigenvalue weighted by Crippen LogP contribution is 2.34. The van der Waals surface area contributed by atoms with E-state index >= 15 is 0 Å². The second-order valence-electron chi connectivity index (χ2n) is 6.01. The van der Waals surface area contributed by atoms with E-state index in [-0.39, 0.29) is 41.6 Å². The van der Waals surface area contributed by atoms with Gasteiger partial charge in [-0.2, -0.15) is 13.2 Å². The highest BCUT2D eigenvalue weighted by atomic mass is 35.5. The fourth-order valence-corrected chi connectivity index (χ4v) is 2.59. The molecule has 0 aliphatic carbocycles. The standard InChI is InChI=1S/C19H17F3N4O2.ClH/c1-26(28-11-12-6-3-2-4-7-12)18(23)25-17(27)16-10-13-14(19(20,21)22)8-5-9-15(13)24-16;/h2-10,24H,11H2,1H3,(H2,23,25,27);1H. The van der Waals surface area contributed by atoms with Crippen molar-refractivity contribution in [1.29, 1.82) is 5.41 Å². The summed E-state index contributed by atoms with van der Waals surface area (Å²) in [6.45, 7) is 0.191. The van der Waals surface area contributed by atoms with E-state index in [4.69, 9.17) is 10.2 Å². The summed E-state index contributed by atoms with van der Waals surface area (Å²) in [6, 6.07) is 14.0. The molecule has 154 valence electrons. The maximum Gasteiger partial charge on any atom is 0.417 e. The van der Waals surface area contributed by atoms with Crippen molar-refractivity contribution in [2.45, 2.75) is 12.8 Å². The molecule has 6 nitrogen and oxygen atoms in total. The van der Waals surface area contributed by atoms with E-state index in [1.807, 2.05) is 30.3 Å². The highest BCUT2D eigenvalue weighted by molar-refractivity contribution is 6.06. The van der Waals surface area contributed by atoms with Crippen molar-refractivity contribution >= 4 is 35.2 Å². The quantitative estimate of drug-likeness (QED) is 0.330. The summed E-state index contributed by atoms with van der Waals surface area (Å²) in [4.78, 5) is 20.3. The van der Waals surface area contributed by atoms with E-state index in [0.717, 1.165) is 22.8 Å². The molecular formula is C19H18ClF3N4O2. The Morgan fingerprint density at radius 2 is 1.86 bits per heavy atom. The highest BCUT2D eigenvalue weighted by Gasteiger charge is 2.33. The van der Waals surface area contributed by atoms with Gasteiger partial charge in [-0.1, -0.05) is 36.4 Å². The lowest BCUT2D eigenvalue weighted by molar-refractivity contribution is -0.136. The zero-order chi connectivity index (χ0) is 20.3. The predicted octanol–water partition coefficient (Wildman–Crippen LogP) is 4.34. The van der Waals surface area contributed by atoms with Crippen LogP contribution in [0.2, 0.25) is 0 Å². The van der Waals surface area contributed by atoms with Crippen LogP contribution in [0.3, 0.4) is 0 Å². The van der Waals surface area contributed by atoms with Gasteiger partial charge in [0, 0.05) is 18.0 Å². The van der Waals surface area contributed by atoms with E-state index in [1.54, 1.807) is 0 Å². The van der Waals surface area contributed by atoms with E-state index in [2.05, 4.69) is 10.3 Å². The molecule has 10 heteroatoms. The summed E-state index contributed by atoms with van der Waals surface area (Å²) < 4.78 is 39.3. The number of amides is 1. The third-order valence-corrected chi connectivity index (χ3v) is 4.03. The number of hydrogen-bond acceptors (Lipinski definition) is 3. The number of fused-ring (bicyclic) bond motifs is 1. The fourth-order valence-electron chi connectivity index (χ4n) is 2.59. The van der Waals surface area contributed by atoms with Crippen LogP contribution in [0.4, 0.5) is 13.2 Å².